The first-order valence-corrected chi connectivity index (χ1v) is 9.49. The summed E-state index contributed by atoms with van der Waals surface area (Å²) >= 11 is 0. The van der Waals surface area contributed by atoms with E-state index in [1.165, 1.54) is 6.26 Å². The van der Waals surface area contributed by atoms with Gasteiger partial charge in [0.1, 0.15) is 23.3 Å². The normalized spacial score (nSPS) is 11.9. The van der Waals surface area contributed by atoms with Crippen LogP contribution in [0.15, 0.2) is 51.9 Å². The molecule has 0 radical (unpaired) electrons. The predicted molar refractivity (Wildman–Crippen MR) is 110 cm³/mol. The molecule has 3 aromatic rings. The molecule has 0 unspecified atom stereocenters. The summed E-state index contributed by atoms with van der Waals surface area (Å²) in [6.07, 6.45) is 1.86. The van der Waals surface area contributed by atoms with E-state index >= 15 is 0 Å². The van der Waals surface area contributed by atoms with Crippen LogP contribution in [0.2, 0.25) is 0 Å². The Labute approximate surface area is 169 Å². The quantitative estimate of drug-likeness (QED) is 0.528. The molecule has 0 bridgehead atoms. The van der Waals surface area contributed by atoms with Crippen molar-refractivity contribution in [2.45, 2.75) is 40.2 Å². The van der Waals surface area contributed by atoms with Gasteiger partial charge in [-0.2, -0.15) is 0 Å². The van der Waals surface area contributed by atoms with Gasteiger partial charge in [-0.15, -0.1) is 0 Å². The lowest BCUT2D eigenvalue weighted by Crippen LogP contribution is -2.20. The summed E-state index contributed by atoms with van der Waals surface area (Å²) in [4.78, 5) is 24.5. The van der Waals surface area contributed by atoms with Crippen LogP contribution in [-0.2, 0) is 9.53 Å². The number of carbonyl (C=O) groups excluding carboxylic acids is 1. The maximum Gasteiger partial charge on any atom is 0.344 e. The third-order valence-corrected chi connectivity index (χ3v) is 4.40. The van der Waals surface area contributed by atoms with Gasteiger partial charge in [0.15, 0.2) is 6.61 Å². The molecule has 6 nitrogen and oxygen atoms in total. The van der Waals surface area contributed by atoms with Gasteiger partial charge < -0.3 is 18.6 Å². The molecule has 6 heteroatoms. The Balaban J connectivity index is 1.77. The van der Waals surface area contributed by atoms with E-state index in [9.17, 15) is 9.59 Å². The lowest BCUT2D eigenvalue weighted by atomic mass is 10.1. The molecular formula is C23H24O6. The summed E-state index contributed by atoms with van der Waals surface area (Å²) in [5, 5.41) is 0.362. The second kappa shape index (κ2) is 8.82. The van der Waals surface area contributed by atoms with Gasteiger partial charge in [0.05, 0.1) is 11.5 Å². The fraction of sp³-hybridized carbons (Fsp3) is 0.304. The van der Waals surface area contributed by atoms with E-state index in [0.717, 1.165) is 17.5 Å². The second-order valence-corrected chi connectivity index (χ2v) is 7.01. The van der Waals surface area contributed by atoms with Gasteiger partial charge >= 0.3 is 5.97 Å². The molecule has 1 aromatic heterocycles. The van der Waals surface area contributed by atoms with E-state index in [-0.39, 0.29) is 23.9 Å². The van der Waals surface area contributed by atoms with Gasteiger partial charge in [-0.1, -0.05) is 13.0 Å². The van der Waals surface area contributed by atoms with Crippen molar-refractivity contribution in [2.75, 3.05) is 6.61 Å². The van der Waals surface area contributed by atoms with Crippen molar-refractivity contribution in [2.24, 2.45) is 0 Å². The largest absolute Gasteiger partial charge is 0.482 e. The number of rotatable bonds is 7. The van der Waals surface area contributed by atoms with Gasteiger partial charge in [0.2, 0.25) is 11.2 Å². The van der Waals surface area contributed by atoms with E-state index in [1.807, 2.05) is 45.9 Å². The Bertz CT molecular complexity index is 1060. The fourth-order valence-electron chi connectivity index (χ4n) is 2.85. The van der Waals surface area contributed by atoms with Crippen LogP contribution in [0.1, 0.15) is 31.4 Å². The molecule has 29 heavy (non-hydrogen) atoms. The molecule has 0 spiro atoms. The van der Waals surface area contributed by atoms with Gasteiger partial charge in [-0.3, -0.25) is 4.79 Å². The second-order valence-electron chi connectivity index (χ2n) is 7.01. The number of fused-ring (bicyclic) bond motifs is 1. The lowest BCUT2D eigenvalue weighted by molar-refractivity contribution is -0.150. The van der Waals surface area contributed by atoms with E-state index in [2.05, 4.69) is 0 Å². The maximum absolute atomic E-state index is 12.7. The standard InChI is InChI=1S/C23H24O6/c1-5-16(4)28-22(24)13-26-17-6-7-19-20(11-17)27-12-21(23(19)25)29-18-9-14(2)8-15(3)10-18/h6-12,16H,5,13H2,1-4H3/t16-/m1/s1. The van der Waals surface area contributed by atoms with Crippen molar-refractivity contribution < 1.29 is 23.4 Å². The van der Waals surface area contributed by atoms with Gasteiger partial charge in [-0.05, 0) is 62.6 Å². The van der Waals surface area contributed by atoms with E-state index in [4.69, 9.17) is 18.6 Å². The van der Waals surface area contributed by atoms with Crippen LogP contribution >= 0.6 is 0 Å². The Hall–Kier alpha value is -3.28. The summed E-state index contributed by atoms with van der Waals surface area (Å²) in [5.74, 6) is 0.644. The van der Waals surface area contributed by atoms with Crippen LogP contribution in [0, 0.1) is 13.8 Å². The zero-order chi connectivity index (χ0) is 21.0. The van der Waals surface area contributed by atoms with Crippen LogP contribution in [0.25, 0.3) is 11.0 Å². The Morgan fingerprint density at radius 2 is 1.79 bits per heavy atom. The molecule has 0 fully saturated rings. The van der Waals surface area contributed by atoms with Crippen molar-refractivity contribution in [3.63, 3.8) is 0 Å². The first kappa shape index (κ1) is 20.5. The summed E-state index contributed by atoms with van der Waals surface area (Å²) in [7, 11) is 0. The molecule has 0 amide bonds. The first-order valence-electron chi connectivity index (χ1n) is 9.49. The summed E-state index contributed by atoms with van der Waals surface area (Å²) in [6, 6.07) is 10.5. The number of ether oxygens (including phenoxy) is 3. The maximum atomic E-state index is 12.7. The highest BCUT2D eigenvalue weighted by Gasteiger charge is 2.12. The molecule has 1 atom stereocenters. The number of aryl methyl sites for hydroxylation is 2. The average Bonchev–Trinajstić information content (AvgIpc) is 2.67. The van der Waals surface area contributed by atoms with Crippen LogP contribution < -0.4 is 14.9 Å². The highest BCUT2D eigenvalue weighted by atomic mass is 16.6. The van der Waals surface area contributed by atoms with Crippen LogP contribution in [0.5, 0.6) is 17.2 Å². The third-order valence-electron chi connectivity index (χ3n) is 4.40. The molecule has 0 saturated carbocycles. The third kappa shape index (κ3) is 5.16. The van der Waals surface area contributed by atoms with Gasteiger partial charge in [0.25, 0.3) is 0 Å². The molecule has 2 aromatic carbocycles. The lowest BCUT2D eigenvalue weighted by Gasteiger charge is -2.11. The van der Waals surface area contributed by atoms with Crippen molar-refractivity contribution >= 4 is 16.9 Å². The minimum atomic E-state index is -0.446. The predicted octanol–water partition coefficient (Wildman–Crippen LogP) is 4.92. The van der Waals surface area contributed by atoms with E-state index < -0.39 is 5.97 Å². The van der Waals surface area contributed by atoms with Crippen molar-refractivity contribution in [3.8, 4) is 17.2 Å². The molecule has 0 N–H and O–H groups in total. The molecule has 152 valence electrons. The molecular weight excluding hydrogens is 372 g/mol. The average molecular weight is 396 g/mol. The minimum Gasteiger partial charge on any atom is -0.482 e. The van der Waals surface area contributed by atoms with Crippen LogP contribution in [-0.4, -0.2) is 18.7 Å². The highest BCUT2D eigenvalue weighted by Crippen LogP contribution is 2.25. The number of hydrogen-bond donors (Lipinski definition) is 0. The summed E-state index contributed by atoms with van der Waals surface area (Å²) in [6.45, 7) is 7.46. The molecule has 0 saturated heterocycles. The Morgan fingerprint density at radius 3 is 2.48 bits per heavy atom. The molecule has 3 rings (SSSR count). The van der Waals surface area contributed by atoms with Gasteiger partial charge in [0, 0.05) is 6.07 Å². The smallest absolute Gasteiger partial charge is 0.344 e. The molecule has 0 aliphatic heterocycles. The zero-order valence-electron chi connectivity index (χ0n) is 17.0. The fourth-order valence-corrected chi connectivity index (χ4v) is 2.85. The van der Waals surface area contributed by atoms with Crippen molar-refractivity contribution in [3.05, 3.63) is 64.0 Å². The van der Waals surface area contributed by atoms with Crippen molar-refractivity contribution in [1.82, 2.24) is 0 Å². The molecule has 0 aliphatic carbocycles. The SMILES string of the molecule is CC[C@@H](C)OC(=O)COc1ccc2c(=O)c(Oc3cc(C)cc(C)c3)coc2c1. The van der Waals surface area contributed by atoms with E-state index in [0.29, 0.717) is 22.5 Å². The topological polar surface area (TPSA) is 75.0 Å². The zero-order valence-corrected chi connectivity index (χ0v) is 17.0. The Morgan fingerprint density at radius 1 is 1.07 bits per heavy atom. The van der Waals surface area contributed by atoms with Crippen LogP contribution in [0.3, 0.4) is 0 Å². The summed E-state index contributed by atoms with van der Waals surface area (Å²) < 4.78 is 21.9. The monoisotopic (exact) mass is 396 g/mol. The highest BCUT2D eigenvalue weighted by molar-refractivity contribution is 5.79. The first-order chi connectivity index (χ1) is 13.9. The van der Waals surface area contributed by atoms with E-state index in [1.54, 1.807) is 18.2 Å². The van der Waals surface area contributed by atoms with Crippen LogP contribution in [0.4, 0.5) is 0 Å². The summed E-state index contributed by atoms with van der Waals surface area (Å²) in [5.41, 5.74) is 2.14. The number of benzene rings is 2. The number of hydrogen-bond acceptors (Lipinski definition) is 6. The minimum absolute atomic E-state index is 0.105. The molecule has 1 heterocycles. The van der Waals surface area contributed by atoms with Crippen molar-refractivity contribution in [1.29, 1.82) is 0 Å². The number of carbonyl (C=O) groups is 1. The van der Waals surface area contributed by atoms with Gasteiger partial charge in [-0.25, -0.2) is 4.79 Å². The number of esters is 1. The Kier molecular flexibility index (Phi) is 6.22. The molecule has 0 aliphatic rings.